The molecule has 3 aromatic carbocycles. The maximum Gasteiger partial charge on any atom is 0.240 e. The van der Waals surface area contributed by atoms with Crippen LogP contribution in [0.3, 0.4) is 0 Å². The minimum atomic E-state index is -0.316. The number of nitrogens with zero attached hydrogens (tertiary/aromatic N) is 1. The number of rotatable bonds is 8. The quantitative estimate of drug-likeness (QED) is 0.344. The van der Waals surface area contributed by atoms with Gasteiger partial charge in [-0.05, 0) is 35.9 Å². The number of Topliss-reactive ketones (excluding diaryl/α,β-unsaturated/α-hetero) is 1. The molecule has 0 bridgehead atoms. The van der Waals surface area contributed by atoms with Crippen LogP contribution in [0.2, 0.25) is 0 Å². The van der Waals surface area contributed by atoms with Gasteiger partial charge in [0.15, 0.2) is 17.3 Å². The lowest BCUT2D eigenvalue weighted by Crippen LogP contribution is -2.20. The zero-order chi connectivity index (χ0) is 21.5. The number of hydrogen-bond donors (Lipinski definition) is 1. The first kappa shape index (κ1) is 21.0. The van der Waals surface area contributed by atoms with E-state index >= 15 is 0 Å². The average molecular weight is 404 g/mol. The van der Waals surface area contributed by atoms with E-state index in [2.05, 4.69) is 10.5 Å². The largest absolute Gasteiger partial charge is 0.493 e. The summed E-state index contributed by atoms with van der Waals surface area (Å²) in [5.41, 5.74) is 4.67. The standard InChI is InChI=1S/C24H24N2O4/c1-16(19-10-6-8-17-7-4-5-9-20(17)19)25-26-24(28)14-12-21(27)18-11-13-22(29-2)23(15-18)30-3/h4-11,13,15H,12,14H2,1-3H3,(H,26,28)/b25-16+. The van der Waals surface area contributed by atoms with Crippen LogP contribution in [0.15, 0.2) is 65.8 Å². The van der Waals surface area contributed by atoms with Gasteiger partial charge < -0.3 is 9.47 Å². The molecule has 0 saturated carbocycles. The Morgan fingerprint density at radius 2 is 1.63 bits per heavy atom. The van der Waals surface area contributed by atoms with E-state index in [-0.39, 0.29) is 24.5 Å². The van der Waals surface area contributed by atoms with E-state index in [4.69, 9.17) is 9.47 Å². The normalized spacial score (nSPS) is 11.2. The predicted molar refractivity (Wildman–Crippen MR) is 117 cm³/mol. The molecule has 6 heteroatoms. The van der Waals surface area contributed by atoms with Crippen LogP contribution in [0.5, 0.6) is 11.5 Å². The van der Waals surface area contributed by atoms with Crippen molar-refractivity contribution < 1.29 is 19.1 Å². The minimum Gasteiger partial charge on any atom is -0.493 e. The topological polar surface area (TPSA) is 77.0 Å². The van der Waals surface area contributed by atoms with E-state index in [9.17, 15) is 9.59 Å². The Morgan fingerprint density at radius 3 is 2.40 bits per heavy atom. The Labute approximate surface area is 175 Å². The van der Waals surface area contributed by atoms with Crippen molar-refractivity contribution in [1.29, 1.82) is 0 Å². The van der Waals surface area contributed by atoms with Crippen LogP contribution in [0.4, 0.5) is 0 Å². The van der Waals surface area contributed by atoms with Crippen molar-refractivity contribution in [2.45, 2.75) is 19.8 Å². The van der Waals surface area contributed by atoms with E-state index in [1.54, 1.807) is 18.2 Å². The van der Waals surface area contributed by atoms with E-state index < -0.39 is 0 Å². The molecule has 1 amide bonds. The second-order valence-electron chi connectivity index (χ2n) is 6.75. The van der Waals surface area contributed by atoms with Crippen molar-refractivity contribution in [2.24, 2.45) is 5.10 Å². The summed E-state index contributed by atoms with van der Waals surface area (Å²) in [6.45, 7) is 1.84. The van der Waals surface area contributed by atoms with Gasteiger partial charge in [-0.1, -0.05) is 42.5 Å². The highest BCUT2D eigenvalue weighted by Gasteiger charge is 2.13. The molecule has 0 aromatic heterocycles. The molecule has 6 nitrogen and oxygen atoms in total. The summed E-state index contributed by atoms with van der Waals surface area (Å²) in [5, 5.41) is 6.39. The van der Waals surface area contributed by atoms with Crippen LogP contribution >= 0.6 is 0 Å². The Kier molecular flexibility index (Phi) is 6.80. The molecule has 0 heterocycles. The highest BCUT2D eigenvalue weighted by atomic mass is 16.5. The number of carbonyl (C=O) groups excluding carboxylic acids is 2. The zero-order valence-corrected chi connectivity index (χ0v) is 17.3. The van der Waals surface area contributed by atoms with Crippen LogP contribution < -0.4 is 14.9 Å². The van der Waals surface area contributed by atoms with Crippen molar-refractivity contribution in [2.75, 3.05) is 14.2 Å². The van der Waals surface area contributed by atoms with Crippen molar-refractivity contribution in [3.8, 4) is 11.5 Å². The highest BCUT2D eigenvalue weighted by Crippen LogP contribution is 2.28. The number of hydrazone groups is 1. The summed E-state index contributed by atoms with van der Waals surface area (Å²) in [4.78, 5) is 24.6. The number of ketones is 1. The van der Waals surface area contributed by atoms with Gasteiger partial charge in [0.1, 0.15) is 0 Å². The van der Waals surface area contributed by atoms with Crippen LogP contribution in [0.1, 0.15) is 35.7 Å². The Hall–Kier alpha value is -3.67. The number of ether oxygens (including phenoxy) is 2. The first-order valence-corrected chi connectivity index (χ1v) is 9.60. The van der Waals surface area contributed by atoms with Crippen molar-refractivity contribution in [1.82, 2.24) is 5.43 Å². The monoisotopic (exact) mass is 404 g/mol. The van der Waals surface area contributed by atoms with Gasteiger partial charge in [0.2, 0.25) is 5.91 Å². The summed E-state index contributed by atoms with van der Waals surface area (Å²) in [6, 6.07) is 18.9. The molecular formula is C24H24N2O4. The van der Waals surface area contributed by atoms with E-state index in [0.29, 0.717) is 22.8 Å². The van der Waals surface area contributed by atoms with Gasteiger partial charge in [0, 0.05) is 24.0 Å². The molecule has 30 heavy (non-hydrogen) atoms. The van der Waals surface area contributed by atoms with Gasteiger partial charge in [-0.25, -0.2) is 5.43 Å². The maximum absolute atomic E-state index is 12.4. The summed E-state index contributed by atoms with van der Waals surface area (Å²) >= 11 is 0. The van der Waals surface area contributed by atoms with Gasteiger partial charge in [-0.15, -0.1) is 0 Å². The lowest BCUT2D eigenvalue weighted by molar-refractivity contribution is -0.121. The Bertz CT molecular complexity index is 1100. The van der Waals surface area contributed by atoms with E-state index in [1.165, 1.54) is 14.2 Å². The average Bonchev–Trinajstić information content (AvgIpc) is 2.79. The fraction of sp³-hybridized carbons (Fsp3) is 0.208. The molecule has 0 atom stereocenters. The van der Waals surface area contributed by atoms with Crippen LogP contribution in [-0.2, 0) is 4.79 Å². The number of amides is 1. The lowest BCUT2D eigenvalue weighted by Gasteiger charge is -2.09. The molecule has 3 rings (SSSR count). The number of methoxy groups -OCH3 is 2. The third kappa shape index (κ3) is 4.84. The minimum absolute atomic E-state index is 0.0412. The smallest absolute Gasteiger partial charge is 0.240 e. The second kappa shape index (κ2) is 9.69. The van der Waals surface area contributed by atoms with Crippen LogP contribution in [0.25, 0.3) is 10.8 Å². The molecule has 0 radical (unpaired) electrons. The number of benzene rings is 3. The van der Waals surface area contributed by atoms with E-state index in [0.717, 1.165) is 16.3 Å². The van der Waals surface area contributed by atoms with Gasteiger partial charge >= 0.3 is 0 Å². The molecule has 0 unspecified atom stereocenters. The molecule has 0 aliphatic rings. The maximum atomic E-state index is 12.4. The summed E-state index contributed by atoms with van der Waals surface area (Å²) in [6.07, 6.45) is 0.115. The Morgan fingerprint density at radius 1 is 0.900 bits per heavy atom. The molecule has 0 fully saturated rings. The van der Waals surface area contributed by atoms with Crippen LogP contribution in [0, 0.1) is 0 Å². The lowest BCUT2D eigenvalue weighted by atomic mass is 10.0. The van der Waals surface area contributed by atoms with Crippen molar-refractivity contribution in [3.63, 3.8) is 0 Å². The summed E-state index contributed by atoms with van der Waals surface area (Å²) in [5.74, 6) is 0.553. The number of fused-ring (bicyclic) bond motifs is 1. The zero-order valence-electron chi connectivity index (χ0n) is 17.3. The summed E-state index contributed by atoms with van der Waals surface area (Å²) in [7, 11) is 3.04. The molecule has 0 aliphatic carbocycles. The van der Waals surface area contributed by atoms with Gasteiger partial charge in [-0.2, -0.15) is 5.10 Å². The van der Waals surface area contributed by atoms with Crippen molar-refractivity contribution >= 4 is 28.2 Å². The molecular weight excluding hydrogens is 380 g/mol. The molecule has 0 aliphatic heterocycles. The highest BCUT2D eigenvalue weighted by molar-refractivity contribution is 6.10. The van der Waals surface area contributed by atoms with Gasteiger partial charge in [-0.3, -0.25) is 9.59 Å². The second-order valence-corrected chi connectivity index (χ2v) is 6.75. The SMILES string of the molecule is COc1ccc(C(=O)CCC(=O)N/N=C(\C)c2cccc3ccccc23)cc1OC. The fourth-order valence-corrected chi connectivity index (χ4v) is 3.18. The molecule has 0 spiro atoms. The van der Waals surface area contributed by atoms with Crippen LogP contribution in [-0.4, -0.2) is 31.6 Å². The molecule has 0 saturated heterocycles. The third-order valence-electron chi connectivity index (χ3n) is 4.81. The predicted octanol–water partition coefficient (Wildman–Crippen LogP) is 4.36. The molecule has 154 valence electrons. The Balaban J connectivity index is 1.61. The summed E-state index contributed by atoms with van der Waals surface area (Å²) < 4.78 is 10.4. The van der Waals surface area contributed by atoms with Crippen molar-refractivity contribution in [3.05, 3.63) is 71.8 Å². The van der Waals surface area contributed by atoms with Gasteiger partial charge in [0.25, 0.3) is 0 Å². The molecule has 3 aromatic rings. The first-order chi connectivity index (χ1) is 14.5. The first-order valence-electron chi connectivity index (χ1n) is 9.60. The third-order valence-corrected chi connectivity index (χ3v) is 4.81. The number of nitrogens with one attached hydrogen (secondary N) is 1. The van der Waals surface area contributed by atoms with E-state index in [1.807, 2.05) is 49.4 Å². The number of hydrogen-bond acceptors (Lipinski definition) is 5. The van der Waals surface area contributed by atoms with Gasteiger partial charge in [0.05, 0.1) is 19.9 Å². The number of carbonyl (C=O) groups is 2. The fourth-order valence-electron chi connectivity index (χ4n) is 3.18. The molecule has 1 N–H and O–H groups in total.